The molecule has 24 heavy (non-hydrogen) atoms. The van der Waals surface area contributed by atoms with Gasteiger partial charge >= 0.3 is 0 Å². The number of nitrogen functional groups attached to an aromatic ring is 1. The van der Waals surface area contributed by atoms with E-state index < -0.39 is 0 Å². The number of aromatic nitrogens is 2. The number of rotatable bonds is 6. The molecule has 1 aromatic carbocycles. The maximum Gasteiger partial charge on any atom is 0.203 e. The fraction of sp³-hybridized carbons (Fsp3) is 0.467. The molecule has 2 N–H and O–H groups in total. The summed E-state index contributed by atoms with van der Waals surface area (Å²) in [7, 11) is 0. The second-order valence-corrected chi connectivity index (χ2v) is 8.20. The van der Waals surface area contributed by atoms with E-state index in [0.717, 1.165) is 54.3 Å². The molecule has 1 aliphatic heterocycles. The molecule has 2 heterocycles. The first-order valence-electron chi connectivity index (χ1n) is 7.65. The minimum Gasteiger partial charge on any atom is -0.374 e. The minimum atomic E-state index is 0. The van der Waals surface area contributed by atoms with Gasteiger partial charge in [-0.15, -0.1) is 22.6 Å². The number of benzene rings is 1. The Morgan fingerprint density at radius 2 is 2.00 bits per heavy atom. The summed E-state index contributed by atoms with van der Waals surface area (Å²) in [6, 6.07) is 8.11. The predicted molar refractivity (Wildman–Crippen MR) is 107 cm³/mol. The lowest BCUT2D eigenvalue weighted by atomic mass is 10.2. The zero-order valence-corrected chi connectivity index (χ0v) is 16.4. The zero-order chi connectivity index (χ0) is 16.1. The molecule has 0 amide bonds. The third-order valence-corrected chi connectivity index (χ3v) is 6.02. The van der Waals surface area contributed by atoms with Gasteiger partial charge in [-0.2, -0.15) is 0 Å². The molecule has 1 aromatic heterocycles. The summed E-state index contributed by atoms with van der Waals surface area (Å²) >= 11 is 9.28. The Balaban J connectivity index is 0.00000208. The topological polar surface area (TPSA) is 58.3 Å². The van der Waals surface area contributed by atoms with E-state index in [9.17, 15) is 0 Å². The molecular formula is C15H21Cl2N5S2. The van der Waals surface area contributed by atoms with Gasteiger partial charge in [0, 0.05) is 42.6 Å². The smallest absolute Gasteiger partial charge is 0.203 e. The molecule has 1 fully saturated rings. The largest absolute Gasteiger partial charge is 0.374 e. The van der Waals surface area contributed by atoms with Gasteiger partial charge in [0.15, 0.2) is 4.34 Å². The molecule has 3 rings (SSSR count). The first kappa shape index (κ1) is 19.6. The van der Waals surface area contributed by atoms with Crippen LogP contribution < -0.4 is 10.6 Å². The highest BCUT2D eigenvalue weighted by molar-refractivity contribution is 8.01. The van der Waals surface area contributed by atoms with Crippen LogP contribution in [0.4, 0.5) is 10.8 Å². The van der Waals surface area contributed by atoms with E-state index in [4.69, 9.17) is 17.3 Å². The van der Waals surface area contributed by atoms with Crippen LogP contribution in [0.5, 0.6) is 0 Å². The van der Waals surface area contributed by atoms with Crippen LogP contribution in [0, 0.1) is 0 Å². The van der Waals surface area contributed by atoms with Crippen molar-refractivity contribution in [3.8, 4) is 0 Å². The van der Waals surface area contributed by atoms with E-state index in [1.807, 2.05) is 18.2 Å². The van der Waals surface area contributed by atoms with E-state index in [-0.39, 0.29) is 12.4 Å². The monoisotopic (exact) mass is 405 g/mol. The molecule has 1 saturated heterocycles. The average Bonchev–Trinajstić information content (AvgIpc) is 2.98. The highest BCUT2D eigenvalue weighted by atomic mass is 35.5. The van der Waals surface area contributed by atoms with E-state index in [2.05, 4.69) is 26.1 Å². The zero-order valence-electron chi connectivity index (χ0n) is 13.2. The Morgan fingerprint density at radius 1 is 1.21 bits per heavy atom. The van der Waals surface area contributed by atoms with Crippen molar-refractivity contribution < 1.29 is 0 Å². The Kier molecular flexibility index (Phi) is 7.90. The van der Waals surface area contributed by atoms with Crippen molar-refractivity contribution in [1.82, 2.24) is 15.1 Å². The first-order valence-corrected chi connectivity index (χ1v) is 9.83. The SMILES string of the molecule is Cl.Nc1nnc(SCCCN2CCN(c3cccc(Cl)c3)CC2)s1. The number of thioether (sulfide) groups is 1. The fourth-order valence-electron chi connectivity index (χ4n) is 2.63. The van der Waals surface area contributed by atoms with Crippen molar-refractivity contribution >= 4 is 57.9 Å². The van der Waals surface area contributed by atoms with E-state index in [1.54, 1.807) is 11.8 Å². The maximum absolute atomic E-state index is 6.07. The lowest BCUT2D eigenvalue weighted by Gasteiger charge is -2.36. The molecule has 1 aliphatic rings. The molecule has 0 radical (unpaired) electrons. The molecule has 132 valence electrons. The molecule has 0 spiro atoms. The van der Waals surface area contributed by atoms with Crippen LogP contribution in [-0.4, -0.2) is 53.6 Å². The van der Waals surface area contributed by atoms with Crippen molar-refractivity contribution in [2.24, 2.45) is 0 Å². The summed E-state index contributed by atoms with van der Waals surface area (Å²) in [4.78, 5) is 4.93. The lowest BCUT2D eigenvalue weighted by Crippen LogP contribution is -2.46. The normalized spacial score (nSPS) is 15.3. The molecule has 5 nitrogen and oxygen atoms in total. The Morgan fingerprint density at radius 3 is 2.67 bits per heavy atom. The molecule has 2 aromatic rings. The number of nitrogens with two attached hydrogens (primary N) is 1. The van der Waals surface area contributed by atoms with E-state index >= 15 is 0 Å². The standard InChI is InChI=1S/C15H20ClN5S2.ClH/c16-12-3-1-4-13(11-12)21-8-6-20(7-9-21)5-2-10-22-15-19-18-14(17)23-15;/h1,3-4,11H,2,5-10H2,(H2,17,18);1H. The Labute approximate surface area is 162 Å². The maximum atomic E-state index is 6.07. The summed E-state index contributed by atoms with van der Waals surface area (Å²) in [5.74, 6) is 1.06. The third kappa shape index (κ3) is 5.67. The summed E-state index contributed by atoms with van der Waals surface area (Å²) in [5.41, 5.74) is 6.80. The van der Waals surface area contributed by atoms with Gasteiger partial charge < -0.3 is 10.6 Å². The molecule has 9 heteroatoms. The van der Waals surface area contributed by atoms with E-state index in [1.165, 1.54) is 17.0 Å². The van der Waals surface area contributed by atoms with Crippen LogP contribution in [-0.2, 0) is 0 Å². The predicted octanol–water partition coefficient (Wildman–Crippen LogP) is 3.50. The van der Waals surface area contributed by atoms with Crippen LogP contribution in [0.2, 0.25) is 5.02 Å². The average molecular weight is 406 g/mol. The lowest BCUT2D eigenvalue weighted by molar-refractivity contribution is 0.259. The third-order valence-electron chi connectivity index (χ3n) is 3.81. The van der Waals surface area contributed by atoms with Crippen LogP contribution in [0.25, 0.3) is 0 Å². The highest BCUT2D eigenvalue weighted by Gasteiger charge is 2.17. The number of hydrogen-bond donors (Lipinski definition) is 1. The van der Waals surface area contributed by atoms with Crippen LogP contribution in [0.3, 0.4) is 0 Å². The van der Waals surface area contributed by atoms with Crippen molar-refractivity contribution in [3.05, 3.63) is 29.3 Å². The highest BCUT2D eigenvalue weighted by Crippen LogP contribution is 2.24. The number of hydrogen-bond acceptors (Lipinski definition) is 7. The second-order valence-electron chi connectivity index (χ2n) is 5.42. The van der Waals surface area contributed by atoms with Crippen molar-refractivity contribution in [1.29, 1.82) is 0 Å². The fourth-order valence-corrected chi connectivity index (χ4v) is 4.44. The quantitative estimate of drug-likeness (QED) is 0.585. The molecule has 0 unspecified atom stereocenters. The van der Waals surface area contributed by atoms with Gasteiger partial charge in [0.2, 0.25) is 5.13 Å². The number of piperazine rings is 1. The van der Waals surface area contributed by atoms with Crippen LogP contribution in [0.1, 0.15) is 6.42 Å². The molecular weight excluding hydrogens is 385 g/mol. The van der Waals surface area contributed by atoms with Gasteiger partial charge in [0.1, 0.15) is 0 Å². The van der Waals surface area contributed by atoms with Crippen molar-refractivity contribution in [3.63, 3.8) is 0 Å². The summed E-state index contributed by atoms with van der Waals surface area (Å²) in [6.45, 7) is 5.44. The summed E-state index contributed by atoms with van der Waals surface area (Å²) in [5, 5.41) is 9.21. The van der Waals surface area contributed by atoms with E-state index in [0.29, 0.717) is 5.13 Å². The van der Waals surface area contributed by atoms with Gasteiger partial charge in [-0.3, -0.25) is 4.90 Å². The van der Waals surface area contributed by atoms with Gasteiger partial charge in [-0.1, -0.05) is 40.8 Å². The van der Waals surface area contributed by atoms with Crippen LogP contribution in [0.15, 0.2) is 28.6 Å². The molecule has 0 aliphatic carbocycles. The summed E-state index contributed by atoms with van der Waals surface area (Å²) < 4.78 is 0.966. The van der Waals surface area contributed by atoms with Crippen LogP contribution >= 0.6 is 47.1 Å². The first-order chi connectivity index (χ1) is 11.2. The van der Waals surface area contributed by atoms with Crippen molar-refractivity contribution in [2.45, 2.75) is 10.8 Å². The van der Waals surface area contributed by atoms with Gasteiger partial charge in [0.25, 0.3) is 0 Å². The Bertz CT molecular complexity index is 632. The van der Waals surface area contributed by atoms with Gasteiger partial charge in [-0.05, 0) is 31.2 Å². The number of anilines is 2. The molecule has 0 atom stereocenters. The second kappa shape index (κ2) is 9.68. The van der Waals surface area contributed by atoms with Gasteiger partial charge in [0.05, 0.1) is 0 Å². The number of halogens is 2. The molecule has 0 saturated carbocycles. The summed E-state index contributed by atoms with van der Waals surface area (Å²) in [6.07, 6.45) is 1.15. The van der Waals surface area contributed by atoms with Gasteiger partial charge in [-0.25, -0.2) is 0 Å². The Hall–Kier alpha value is -0.730. The minimum absolute atomic E-state index is 0. The number of nitrogens with zero attached hydrogens (tertiary/aromatic N) is 4. The van der Waals surface area contributed by atoms with Crippen molar-refractivity contribution in [2.75, 3.05) is 49.1 Å². The molecule has 0 bridgehead atoms.